The highest BCUT2D eigenvalue weighted by atomic mass is 35.5. The van der Waals surface area contributed by atoms with E-state index in [9.17, 15) is 9.59 Å². The summed E-state index contributed by atoms with van der Waals surface area (Å²) in [7, 11) is 0. The van der Waals surface area contributed by atoms with Crippen LogP contribution in [0.1, 0.15) is 28.1 Å². The normalized spacial score (nSPS) is 15.5. The number of benzene rings is 2. The molecule has 7 heteroatoms. The molecule has 162 valence electrons. The molecule has 2 aromatic carbocycles. The summed E-state index contributed by atoms with van der Waals surface area (Å²) in [5.74, 6) is -1.01. The Balaban J connectivity index is 1.77. The van der Waals surface area contributed by atoms with Crippen LogP contribution in [-0.2, 0) is 9.59 Å². The third-order valence-corrected chi connectivity index (χ3v) is 6.24. The van der Waals surface area contributed by atoms with Crippen molar-refractivity contribution < 1.29 is 9.59 Å². The molecule has 4 rings (SSSR count). The highest BCUT2D eigenvalue weighted by Gasteiger charge is 2.35. The van der Waals surface area contributed by atoms with Gasteiger partial charge in [0.25, 0.3) is 11.8 Å². The Labute approximate surface area is 197 Å². The lowest BCUT2D eigenvalue weighted by molar-refractivity contribution is -0.122. The van der Waals surface area contributed by atoms with Gasteiger partial charge in [0.2, 0.25) is 0 Å². The highest BCUT2D eigenvalue weighted by molar-refractivity contribution is 7.80. The topological polar surface area (TPSA) is 54.3 Å². The Hall–Kier alpha value is -3.22. The molecular formula is C25H22ClN3O2S. The van der Waals surface area contributed by atoms with Crippen LogP contribution in [0.4, 0.5) is 5.69 Å². The smallest absolute Gasteiger partial charge is 0.270 e. The summed E-state index contributed by atoms with van der Waals surface area (Å²) in [6.45, 7) is 7.88. The number of halogens is 1. The molecular weight excluding hydrogens is 442 g/mol. The summed E-state index contributed by atoms with van der Waals surface area (Å²) < 4.78 is 2.10. The van der Waals surface area contributed by atoms with E-state index in [-0.39, 0.29) is 10.7 Å². The van der Waals surface area contributed by atoms with Gasteiger partial charge in [-0.3, -0.25) is 19.8 Å². The van der Waals surface area contributed by atoms with Crippen LogP contribution < -0.4 is 10.2 Å². The first kappa shape index (κ1) is 22.0. The second kappa shape index (κ2) is 8.37. The molecule has 1 aliphatic heterocycles. The number of anilines is 1. The van der Waals surface area contributed by atoms with Crippen LogP contribution in [0.3, 0.4) is 0 Å². The fourth-order valence-corrected chi connectivity index (χ4v) is 4.32. The fourth-order valence-electron chi connectivity index (χ4n) is 3.87. The molecule has 2 amide bonds. The standard InChI is InChI=1S/C25H22ClN3O2S/c1-14-6-5-7-19(10-14)28-16(3)11-18(17(28)4)12-21-23(30)27-25(32)29(24(21)31)20-9-8-15(2)22(26)13-20/h5-13H,1-4H3,(H,27,30,32)/b21-12+. The van der Waals surface area contributed by atoms with E-state index in [1.165, 1.54) is 4.90 Å². The lowest BCUT2D eigenvalue weighted by atomic mass is 10.1. The van der Waals surface area contributed by atoms with E-state index in [1.807, 2.05) is 58.0 Å². The van der Waals surface area contributed by atoms with Crippen molar-refractivity contribution in [1.29, 1.82) is 0 Å². The summed E-state index contributed by atoms with van der Waals surface area (Å²) in [4.78, 5) is 27.3. The summed E-state index contributed by atoms with van der Waals surface area (Å²) in [6, 6.07) is 15.4. The van der Waals surface area contributed by atoms with Crippen LogP contribution in [0.5, 0.6) is 0 Å². The molecule has 0 bridgehead atoms. The predicted octanol–water partition coefficient (Wildman–Crippen LogP) is 5.20. The zero-order chi connectivity index (χ0) is 23.2. The van der Waals surface area contributed by atoms with Crippen LogP contribution in [0.25, 0.3) is 11.8 Å². The molecule has 0 atom stereocenters. The largest absolute Gasteiger partial charge is 0.318 e. The number of carbonyl (C=O) groups is 2. The van der Waals surface area contributed by atoms with E-state index in [0.717, 1.165) is 33.8 Å². The number of rotatable bonds is 3. The van der Waals surface area contributed by atoms with Gasteiger partial charge in [-0.05, 0) is 93.0 Å². The maximum Gasteiger partial charge on any atom is 0.270 e. The van der Waals surface area contributed by atoms with Gasteiger partial charge in [-0.2, -0.15) is 0 Å². The number of hydrogen-bond acceptors (Lipinski definition) is 3. The van der Waals surface area contributed by atoms with Gasteiger partial charge in [0.05, 0.1) is 5.69 Å². The molecule has 1 saturated heterocycles. The van der Waals surface area contributed by atoms with Crippen LogP contribution in [0, 0.1) is 27.7 Å². The molecule has 0 spiro atoms. The van der Waals surface area contributed by atoms with Crippen molar-refractivity contribution >= 4 is 52.5 Å². The summed E-state index contributed by atoms with van der Waals surface area (Å²) in [5.41, 5.74) is 6.30. The molecule has 3 aromatic rings. The zero-order valence-electron chi connectivity index (χ0n) is 18.2. The Morgan fingerprint density at radius 3 is 2.41 bits per heavy atom. The van der Waals surface area contributed by atoms with Gasteiger partial charge in [0.1, 0.15) is 5.57 Å². The van der Waals surface area contributed by atoms with Crippen LogP contribution in [-0.4, -0.2) is 21.5 Å². The zero-order valence-corrected chi connectivity index (χ0v) is 19.8. The highest BCUT2D eigenvalue weighted by Crippen LogP contribution is 2.28. The number of nitrogens with one attached hydrogen (secondary N) is 1. The minimum Gasteiger partial charge on any atom is -0.318 e. The summed E-state index contributed by atoms with van der Waals surface area (Å²) in [5, 5.41) is 3.17. The predicted molar refractivity (Wildman–Crippen MR) is 132 cm³/mol. The van der Waals surface area contributed by atoms with Gasteiger partial charge in [-0.25, -0.2) is 0 Å². The van der Waals surface area contributed by atoms with Crippen LogP contribution in [0.2, 0.25) is 5.02 Å². The van der Waals surface area contributed by atoms with E-state index < -0.39 is 11.8 Å². The first-order valence-corrected chi connectivity index (χ1v) is 10.9. The van der Waals surface area contributed by atoms with E-state index in [2.05, 4.69) is 16.0 Å². The number of amides is 2. The van der Waals surface area contributed by atoms with Crippen molar-refractivity contribution in [3.05, 3.63) is 87.2 Å². The number of aryl methyl sites for hydroxylation is 3. The molecule has 2 heterocycles. The first-order chi connectivity index (χ1) is 15.2. The third-order valence-electron chi connectivity index (χ3n) is 5.55. The fraction of sp³-hybridized carbons (Fsp3) is 0.160. The quantitative estimate of drug-likeness (QED) is 0.330. The lowest BCUT2D eigenvalue weighted by Gasteiger charge is -2.29. The van der Waals surface area contributed by atoms with Gasteiger partial charge in [0.15, 0.2) is 5.11 Å². The lowest BCUT2D eigenvalue weighted by Crippen LogP contribution is -2.54. The molecule has 0 saturated carbocycles. The molecule has 32 heavy (non-hydrogen) atoms. The van der Waals surface area contributed by atoms with Crippen LogP contribution in [0.15, 0.2) is 54.1 Å². The Morgan fingerprint density at radius 1 is 0.969 bits per heavy atom. The maximum absolute atomic E-state index is 13.3. The second-order valence-corrected chi connectivity index (χ2v) is 8.69. The number of nitrogens with zero attached hydrogens (tertiary/aromatic N) is 2. The average Bonchev–Trinajstić information content (AvgIpc) is 3.00. The van der Waals surface area contributed by atoms with Gasteiger partial charge < -0.3 is 4.57 Å². The molecule has 1 aliphatic rings. The summed E-state index contributed by atoms with van der Waals surface area (Å²) in [6.07, 6.45) is 1.62. The van der Waals surface area contributed by atoms with E-state index in [4.69, 9.17) is 23.8 Å². The van der Waals surface area contributed by atoms with Crippen LogP contribution >= 0.6 is 23.8 Å². The SMILES string of the molecule is Cc1cccc(-n2c(C)cc(/C=C3\C(=O)NC(=S)N(c4ccc(C)c(Cl)c4)C3=O)c2C)c1. The molecule has 1 N–H and O–H groups in total. The van der Waals surface area contributed by atoms with Crippen molar-refractivity contribution in [2.45, 2.75) is 27.7 Å². The van der Waals surface area contributed by atoms with Gasteiger partial charge >= 0.3 is 0 Å². The average molecular weight is 464 g/mol. The van der Waals surface area contributed by atoms with E-state index in [1.54, 1.807) is 18.2 Å². The van der Waals surface area contributed by atoms with E-state index >= 15 is 0 Å². The Kier molecular flexibility index (Phi) is 5.75. The minimum absolute atomic E-state index is 0.0137. The van der Waals surface area contributed by atoms with Crippen molar-refractivity contribution in [3.63, 3.8) is 0 Å². The maximum atomic E-state index is 13.3. The second-order valence-electron chi connectivity index (χ2n) is 7.89. The molecule has 1 fully saturated rings. The monoisotopic (exact) mass is 463 g/mol. The van der Waals surface area contributed by atoms with Gasteiger partial charge in [-0.15, -0.1) is 0 Å². The molecule has 0 radical (unpaired) electrons. The van der Waals surface area contributed by atoms with Crippen molar-refractivity contribution in [1.82, 2.24) is 9.88 Å². The Bertz CT molecular complexity index is 1320. The number of thiocarbonyl (C=S) groups is 1. The minimum atomic E-state index is -0.519. The van der Waals surface area contributed by atoms with Gasteiger partial charge in [0, 0.05) is 22.1 Å². The molecule has 5 nitrogen and oxygen atoms in total. The van der Waals surface area contributed by atoms with E-state index in [0.29, 0.717) is 10.7 Å². The number of carbonyl (C=O) groups excluding carboxylic acids is 2. The van der Waals surface area contributed by atoms with Crippen molar-refractivity contribution in [2.24, 2.45) is 0 Å². The molecule has 0 aliphatic carbocycles. The summed E-state index contributed by atoms with van der Waals surface area (Å²) >= 11 is 11.5. The third kappa shape index (κ3) is 3.87. The van der Waals surface area contributed by atoms with Crippen molar-refractivity contribution in [2.75, 3.05) is 4.90 Å². The number of aromatic nitrogens is 1. The molecule has 1 aromatic heterocycles. The first-order valence-electron chi connectivity index (χ1n) is 10.1. The van der Waals surface area contributed by atoms with Crippen molar-refractivity contribution in [3.8, 4) is 5.69 Å². The van der Waals surface area contributed by atoms with Gasteiger partial charge in [-0.1, -0.05) is 29.8 Å². The number of hydrogen-bond donors (Lipinski definition) is 1. The Morgan fingerprint density at radius 2 is 1.72 bits per heavy atom. The molecule has 0 unspecified atom stereocenters.